The van der Waals surface area contributed by atoms with E-state index in [0.29, 0.717) is 30.9 Å². The summed E-state index contributed by atoms with van der Waals surface area (Å²) >= 11 is 0. The Morgan fingerprint density at radius 2 is 2.04 bits per heavy atom. The molecule has 132 valence electrons. The second-order valence-corrected chi connectivity index (χ2v) is 6.00. The zero-order valence-electron chi connectivity index (χ0n) is 14.7. The molecule has 0 saturated carbocycles. The zero-order valence-corrected chi connectivity index (χ0v) is 14.7. The van der Waals surface area contributed by atoms with Gasteiger partial charge in [0.15, 0.2) is 0 Å². The van der Waals surface area contributed by atoms with Gasteiger partial charge >= 0.3 is 6.03 Å². The molecular formula is C18H27N3O3. The second-order valence-electron chi connectivity index (χ2n) is 6.00. The SMILES string of the molecule is CCN(CC)C(=O)c1cccc(NC(=O)N(C)CC2CCCO2)c1. The van der Waals surface area contributed by atoms with E-state index in [4.69, 9.17) is 4.74 Å². The first-order valence-electron chi connectivity index (χ1n) is 8.58. The van der Waals surface area contributed by atoms with E-state index in [1.807, 2.05) is 13.8 Å². The fraction of sp³-hybridized carbons (Fsp3) is 0.556. The third-order valence-corrected chi connectivity index (χ3v) is 4.26. The minimum absolute atomic E-state index is 0.0243. The van der Waals surface area contributed by atoms with Crippen LogP contribution in [0.2, 0.25) is 0 Å². The maximum atomic E-state index is 12.4. The van der Waals surface area contributed by atoms with Gasteiger partial charge in [0, 0.05) is 44.5 Å². The molecule has 0 spiro atoms. The van der Waals surface area contributed by atoms with Crippen LogP contribution in [-0.2, 0) is 4.74 Å². The molecule has 3 amide bonds. The third-order valence-electron chi connectivity index (χ3n) is 4.26. The highest BCUT2D eigenvalue weighted by atomic mass is 16.5. The number of ether oxygens (including phenoxy) is 1. The van der Waals surface area contributed by atoms with Crippen LogP contribution in [-0.4, -0.2) is 61.1 Å². The molecule has 1 unspecified atom stereocenters. The summed E-state index contributed by atoms with van der Waals surface area (Å²) in [7, 11) is 1.75. The quantitative estimate of drug-likeness (QED) is 0.871. The maximum Gasteiger partial charge on any atom is 0.321 e. The normalized spacial score (nSPS) is 16.7. The van der Waals surface area contributed by atoms with Gasteiger partial charge in [0.05, 0.1) is 6.10 Å². The fourth-order valence-corrected chi connectivity index (χ4v) is 2.82. The number of urea groups is 1. The van der Waals surface area contributed by atoms with Crippen LogP contribution >= 0.6 is 0 Å². The van der Waals surface area contributed by atoms with Gasteiger partial charge in [-0.2, -0.15) is 0 Å². The lowest BCUT2D eigenvalue weighted by Gasteiger charge is -2.22. The Morgan fingerprint density at radius 3 is 2.67 bits per heavy atom. The number of nitrogens with zero attached hydrogens (tertiary/aromatic N) is 2. The van der Waals surface area contributed by atoms with Crippen molar-refractivity contribution in [2.75, 3.05) is 38.6 Å². The number of amides is 3. The largest absolute Gasteiger partial charge is 0.376 e. The molecule has 0 aromatic heterocycles. The summed E-state index contributed by atoms with van der Waals surface area (Å²) in [6.45, 7) is 6.58. The Hall–Kier alpha value is -2.08. The van der Waals surface area contributed by atoms with E-state index in [2.05, 4.69) is 5.32 Å². The monoisotopic (exact) mass is 333 g/mol. The summed E-state index contributed by atoms with van der Waals surface area (Å²) in [6, 6.07) is 6.87. The third kappa shape index (κ3) is 4.71. The van der Waals surface area contributed by atoms with Gasteiger partial charge in [-0.1, -0.05) is 6.07 Å². The Morgan fingerprint density at radius 1 is 1.29 bits per heavy atom. The van der Waals surface area contributed by atoms with Crippen molar-refractivity contribution in [3.63, 3.8) is 0 Å². The molecule has 6 heteroatoms. The summed E-state index contributed by atoms with van der Waals surface area (Å²) in [4.78, 5) is 28.1. The predicted molar refractivity (Wildman–Crippen MR) is 94.3 cm³/mol. The van der Waals surface area contributed by atoms with E-state index in [0.717, 1.165) is 19.4 Å². The number of hydrogen-bond acceptors (Lipinski definition) is 3. The molecule has 24 heavy (non-hydrogen) atoms. The van der Waals surface area contributed by atoms with Gasteiger partial charge < -0.3 is 19.9 Å². The van der Waals surface area contributed by atoms with Crippen molar-refractivity contribution >= 4 is 17.6 Å². The zero-order chi connectivity index (χ0) is 17.5. The average molecular weight is 333 g/mol. The molecule has 0 radical (unpaired) electrons. The van der Waals surface area contributed by atoms with Crippen LogP contribution in [0, 0.1) is 0 Å². The van der Waals surface area contributed by atoms with Gasteiger partial charge in [0.2, 0.25) is 0 Å². The van der Waals surface area contributed by atoms with Gasteiger partial charge in [0.25, 0.3) is 5.91 Å². The number of likely N-dealkylation sites (N-methyl/N-ethyl adjacent to an activating group) is 1. The number of hydrogen-bond donors (Lipinski definition) is 1. The Labute approximate surface area is 143 Å². The minimum atomic E-state index is -0.196. The predicted octanol–water partition coefficient (Wildman–Crippen LogP) is 2.81. The van der Waals surface area contributed by atoms with E-state index >= 15 is 0 Å². The van der Waals surface area contributed by atoms with Crippen LogP contribution in [0.5, 0.6) is 0 Å². The van der Waals surface area contributed by atoms with Crippen molar-refractivity contribution in [1.82, 2.24) is 9.80 Å². The molecule has 1 aromatic rings. The highest BCUT2D eigenvalue weighted by Gasteiger charge is 2.20. The lowest BCUT2D eigenvalue weighted by molar-refractivity contribution is 0.0773. The van der Waals surface area contributed by atoms with Crippen molar-refractivity contribution in [2.45, 2.75) is 32.8 Å². The van der Waals surface area contributed by atoms with Crippen molar-refractivity contribution in [3.05, 3.63) is 29.8 Å². The first-order chi connectivity index (χ1) is 11.5. The number of anilines is 1. The molecule has 1 aliphatic rings. The molecule has 1 atom stereocenters. The van der Waals surface area contributed by atoms with Gasteiger partial charge in [0.1, 0.15) is 0 Å². The van der Waals surface area contributed by atoms with E-state index < -0.39 is 0 Å². The maximum absolute atomic E-state index is 12.4. The molecule has 0 aliphatic carbocycles. The summed E-state index contributed by atoms with van der Waals surface area (Å²) in [5.41, 5.74) is 1.20. The topological polar surface area (TPSA) is 61.9 Å². The van der Waals surface area contributed by atoms with Crippen LogP contribution in [0.15, 0.2) is 24.3 Å². The molecule has 1 fully saturated rings. The molecule has 1 N–H and O–H groups in total. The molecular weight excluding hydrogens is 306 g/mol. The summed E-state index contributed by atoms with van der Waals surface area (Å²) in [5.74, 6) is -0.0243. The van der Waals surface area contributed by atoms with Crippen LogP contribution in [0.1, 0.15) is 37.0 Å². The lowest BCUT2D eigenvalue weighted by atomic mass is 10.1. The molecule has 1 heterocycles. The van der Waals surface area contributed by atoms with E-state index in [1.165, 1.54) is 0 Å². The minimum Gasteiger partial charge on any atom is -0.376 e. The molecule has 0 bridgehead atoms. The number of carbonyl (C=O) groups is 2. The highest BCUT2D eigenvalue weighted by Crippen LogP contribution is 2.15. The van der Waals surface area contributed by atoms with Crippen molar-refractivity contribution < 1.29 is 14.3 Å². The van der Waals surface area contributed by atoms with Crippen molar-refractivity contribution in [2.24, 2.45) is 0 Å². The van der Waals surface area contributed by atoms with E-state index in [-0.39, 0.29) is 18.0 Å². The molecule has 1 aromatic carbocycles. The number of carbonyl (C=O) groups excluding carboxylic acids is 2. The number of benzene rings is 1. The van der Waals surface area contributed by atoms with Crippen molar-refractivity contribution in [3.8, 4) is 0 Å². The van der Waals surface area contributed by atoms with Gasteiger partial charge in [-0.15, -0.1) is 0 Å². The number of nitrogens with one attached hydrogen (secondary N) is 1. The first-order valence-corrected chi connectivity index (χ1v) is 8.58. The molecule has 1 saturated heterocycles. The highest BCUT2D eigenvalue weighted by molar-refractivity contribution is 5.96. The van der Waals surface area contributed by atoms with Gasteiger partial charge in [-0.25, -0.2) is 4.79 Å². The second kappa shape index (κ2) is 8.68. The summed E-state index contributed by atoms with van der Waals surface area (Å²) in [6.07, 6.45) is 2.16. The van der Waals surface area contributed by atoms with Crippen LogP contribution in [0.25, 0.3) is 0 Å². The van der Waals surface area contributed by atoms with Gasteiger partial charge in [-0.3, -0.25) is 4.79 Å². The molecule has 1 aliphatic heterocycles. The van der Waals surface area contributed by atoms with Crippen LogP contribution in [0.4, 0.5) is 10.5 Å². The van der Waals surface area contributed by atoms with E-state index in [9.17, 15) is 9.59 Å². The Bertz CT molecular complexity index is 566. The van der Waals surface area contributed by atoms with E-state index in [1.54, 1.807) is 41.1 Å². The van der Waals surface area contributed by atoms with Gasteiger partial charge in [-0.05, 0) is 44.9 Å². The average Bonchev–Trinajstić information content (AvgIpc) is 3.09. The summed E-state index contributed by atoms with van der Waals surface area (Å²) < 4.78 is 5.55. The summed E-state index contributed by atoms with van der Waals surface area (Å²) in [5, 5.41) is 2.85. The standard InChI is InChI=1S/C18H27N3O3/c1-4-21(5-2)17(22)14-8-6-9-15(12-14)19-18(23)20(3)13-16-10-7-11-24-16/h6,8-9,12,16H,4-5,7,10-11,13H2,1-3H3,(H,19,23). The van der Waals surface area contributed by atoms with Crippen LogP contribution < -0.4 is 5.32 Å². The Balaban J connectivity index is 1.97. The number of rotatable bonds is 6. The Kier molecular flexibility index (Phi) is 6.61. The van der Waals surface area contributed by atoms with Crippen LogP contribution in [0.3, 0.4) is 0 Å². The molecule has 6 nitrogen and oxygen atoms in total. The molecule has 2 rings (SSSR count). The van der Waals surface area contributed by atoms with Crippen molar-refractivity contribution in [1.29, 1.82) is 0 Å². The fourth-order valence-electron chi connectivity index (χ4n) is 2.82. The lowest BCUT2D eigenvalue weighted by Crippen LogP contribution is -2.37. The smallest absolute Gasteiger partial charge is 0.321 e. The first kappa shape index (κ1) is 18.3.